The summed E-state index contributed by atoms with van der Waals surface area (Å²) in [5.41, 5.74) is 0.757. The fourth-order valence-electron chi connectivity index (χ4n) is 1.82. The summed E-state index contributed by atoms with van der Waals surface area (Å²) < 4.78 is 27.8. The Morgan fingerprint density at radius 3 is 2.41 bits per heavy atom. The molecule has 0 atom stereocenters. The lowest BCUT2D eigenvalue weighted by Gasteiger charge is -2.12. The number of amides is 1. The number of nitrogens with one attached hydrogen (secondary N) is 1. The van der Waals surface area contributed by atoms with Crippen LogP contribution in [0.2, 0.25) is 0 Å². The Balaban J connectivity index is 2.31. The van der Waals surface area contributed by atoms with Crippen LogP contribution in [-0.2, 0) is 10.0 Å². The zero-order valence-electron chi connectivity index (χ0n) is 12.1. The second kappa shape index (κ2) is 6.50. The molecule has 2 aromatic rings. The molecule has 2 aromatic carbocycles. The van der Waals surface area contributed by atoms with Crippen LogP contribution in [0, 0.1) is 0 Å². The molecular weight excluding hydrogens is 368 g/mol. The molecule has 1 N–H and O–H groups in total. The number of rotatable bonds is 4. The number of carbonyl (C=O) groups is 1. The number of carbonyl (C=O) groups excluding carboxylic acids is 1. The predicted octanol–water partition coefficient (Wildman–Crippen LogP) is 2.95. The van der Waals surface area contributed by atoms with E-state index in [-0.39, 0.29) is 10.8 Å². The molecule has 0 spiro atoms. The first-order valence-electron chi connectivity index (χ1n) is 6.40. The van der Waals surface area contributed by atoms with Crippen LogP contribution in [0.4, 0.5) is 5.69 Å². The third-order valence-electron chi connectivity index (χ3n) is 2.87. The van der Waals surface area contributed by atoms with Crippen molar-refractivity contribution in [3.8, 4) is 0 Å². The van der Waals surface area contributed by atoms with Crippen LogP contribution in [0.25, 0.3) is 0 Å². The average Bonchev–Trinajstić information content (AvgIpc) is 2.46. The zero-order chi connectivity index (χ0) is 16.3. The Bertz CT molecular complexity index is 804. The SMILES string of the molecule is CN(C)C(=O)c1cccc(NS(=O)(=O)c2cccc(Br)c2)c1. The van der Waals surface area contributed by atoms with E-state index >= 15 is 0 Å². The third kappa shape index (κ3) is 3.86. The topological polar surface area (TPSA) is 66.5 Å². The minimum absolute atomic E-state index is 0.145. The highest BCUT2D eigenvalue weighted by atomic mass is 79.9. The number of hydrogen-bond donors (Lipinski definition) is 1. The maximum atomic E-state index is 12.3. The Kier molecular flexibility index (Phi) is 4.87. The van der Waals surface area contributed by atoms with E-state index in [4.69, 9.17) is 0 Å². The predicted molar refractivity (Wildman–Crippen MR) is 89.4 cm³/mol. The second-order valence-corrected chi connectivity index (χ2v) is 7.44. The second-order valence-electron chi connectivity index (χ2n) is 4.84. The lowest BCUT2D eigenvalue weighted by Crippen LogP contribution is -2.22. The first-order valence-corrected chi connectivity index (χ1v) is 8.67. The quantitative estimate of drug-likeness (QED) is 0.883. The summed E-state index contributed by atoms with van der Waals surface area (Å²) in [6.07, 6.45) is 0. The summed E-state index contributed by atoms with van der Waals surface area (Å²) in [7, 11) is -0.424. The summed E-state index contributed by atoms with van der Waals surface area (Å²) in [5.74, 6) is -0.191. The molecule has 0 radical (unpaired) electrons. The van der Waals surface area contributed by atoms with Gasteiger partial charge in [-0.25, -0.2) is 8.42 Å². The van der Waals surface area contributed by atoms with Crippen molar-refractivity contribution in [2.45, 2.75) is 4.90 Å². The van der Waals surface area contributed by atoms with E-state index in [1.165, 1.54) is 23.1 Å². The number of sulfonamides is 1. The van der Waals surface area contributed by atoms with Gasteiger partial charge in [-0.15, -0.1) is 0 Å². The molecule has 0 bridgehead atoms. The molecule has 0 unspecified atom stereocenters. The van der Waals surface area contributed by atoms with Gasteiger partial charge in [0.2, 0.25) is 0 Å². The molecule has 0 aliphatic carbocycles. The molecule has 0 aliphatic heterocycles. The fourth-order valence-corrected chi connectivity index (χ4v) is 3.47. The molecule has 1 amide bonds. The van der Waals surface area contributed by atoms with Crippen molar-refractivity contribution in [3.05, 3.63) is 58.6 Å². The molecule has 0 heterocycles. The molecule has 5 nitrogen and oxygen atoms in total. The van der Waals surface area contributed by atoms with Gasteiger partial charge in [-0.1, -0.05) is 28.1 Å². The molecule has 7 heteroatoms. The monoisotopic (exact) mass is 382 g/mol. The summed E-state index contributed by atoms with van der Waals surface area (Å²) in [5, 5.41) is 0. The minimum Gasteiger partial charge on any atom is -0.345 e. The molecule has 0 saturated carbocycles. The van der Waals surface area contributed by atoms with Crippen molar-refractivity contribution < 1.29 is 13.2 Å². The third-order valence-corrected chi connectivity index (χ3v) is 4.75. The van der Waals surface area contributed by atoms with Crippen molar-refractivity contribution in [2.24, 2.45) is 0 Å². The van der Waals surface area contributed by atoms with E-state index in [0.717, 1.165) is 0 Å². The lowest BCUT2D eigenvalue weighted by atomic mass is 10.2. The van der Waals surface area contributed by atoms with Crippen LogP contribution in [0.3, 0.4) is 0 Å². The molecule has 0 aliphatic rings. The Morgan fingerprint density at radius 1 is 1.09 bits per heavy atom. The van der Waals surface area contributed by atoms with Gasteiger partial charge >= 0.3 is 0 Å². The van der Waals surface area contributed by atoms with E-state index in [1.54, 1.807) is 44.4 Å². The van der Waals surface area contributed by atoms with Crippen LogP contribution in [0.5, 0.6) is 0 Å². The maximum absolute atomic E-state index is 12.3. The minimum atomic E-state index is -3.70. The van der Waals surface area contributed by atoms with Gasteiger partial charge in [-0.05, 0) is 36.4 Å². The van der Waals surface area contributed by atoms with Gasteiger partial charge < -0.3 is 4.90 Å². The van der Waals surface area contributed by atoms with Crippen LogP contribution >= 0.6 is 15.9 Å². The first-order chi connectivity index (χ1) is 10.3. The first kappa shape index (κ1) is 16.5. The molecule has 0 fully saturated rings. The molecule has 116 valence electrons. The zero-order valence-corrected chi connectivity index (χ0v) is 14.5. The summed E-state index contributed by atoms with van der Waals surface area (Å²) >= 11 is 3.24. The van der Waals surface area contributed by atoms with Crippen LogP contribution in [0.1, 0.15) is 10.4 Å². The Labute approximate surface area is 138 Å². The van der Waals surface area contributed by atoms with Gasteiger partial charge in [0.05, 0.1) is 4.90 Å². The lowest BCUT2D eigenvalue weighted by molar-refractivity contribution is 0.0827. The van der Waals surface area contributed by atoms with Crippen LogP contribution in [0.15, 0.2) is 57.9 Å². The Morgan fingerprint density at radius 2 is 1.77 bits per heavy atom. The molecule has 2 rings (SSSR count). The standard InChI is InChI=1S/C15H15BrN2O3S/c1-18(2)15(19)11-5-3-7-13(9-11)17-22(20,21)14-8-4-6-12(16)10-14/h3-10,17H,1-2H3. The molecule has 0 saturated heterocycles. The number of anilines is 1. The molecule has 22 heavy (non-hydrogen) atoms. The highest BCUT2D eigenvalue weighted by Crippen LogP contribution is 2.20. The van der Waals surface area contributed by atoms with Gasteiger partial charge in [0.15, 0.2) is 0 Å². The maximum Gasteiger partial charge on any atom is 0.261 e. The molecule has 0 aromatic heterocycles. The van der Waals surface area contributed by atoms with Gasteiger partial charge in [0.1, 0.15) is 0 Å². The van der Waals surface area contributed by atoms with E-state index in [9.17, 15) is 13.2 Å². The van der Waals surface area contributed by atoms with Crippen LogP contribution in [-0.4, -0.2) is 33.3 Å². The van der Waals surface area contributed by atoms with Gasteiger partial charge in [-0.3, -0.25) is 9.52 Å². The normalized spacial score (nSPS) is 11.0. The van der Waals surface area contributed by atoms with Crippen molar-refractivity contribution in [2.75, 3.05) is 18.8 Å². The summed E-state index contributed by atoms with van der Waals surface area (Å²) in [4.78, 5) is 13.5. The average molecular weight is 383 g/mol. The van der Waals surface area contributed by atoms with Gasteiger partial charge in [0, 0.05) is 29.8 Å². The van der Waals surface area contributed by atoms with E-state index in [2.05, 4.69) is 20.7 Å². The summed E-state index contributed by atoms with van der Waals surface area (Å²) in [6.45, 7) is 0. The highest BCUT2D eigenvalue weighted by Gasteiger charge is 2.15. The number of halogens is 1. The van der Waals surface area contributed by atoms with Gasteiger partial charge in [0.25, 0.3) is 15.9 Å². The fraction of sp³-hybridized carbons (Fsp3) is 0.133. The largest absolute Gasteiger partial charge is 0.345 e. The van der Waals surface area contributed by atoms with Crippen molar-refractivity contribution in [1.82, 2.24) is 4.90 Å². The van der Waals surface area contributed by atoms with E-state index in [0.29, 0.717) is 15.7 Å². The van der Waals surface area contributed by atoms with Crippen molar-refractivity contribution in [1.29, 1.82) is 0 Å². The van der Waals surface area contributed by atoms with Crippen LogP contribution < -0.4 is 4.72 Å². The van der Waals surface area contributed by atoms with E-state index in [1.807, 2.05) is 0 Å². The van der Waals surface area contributed by atoms with E-state index < -0.39 is 10.0 Å². The Hall–Kier alpha value is -1.86. The van der Waals surface area contributed by atoms with Crippen molar-refractivity contribution >= 4 is 37.5 Å². The number of benzene rings is 2. The smallest absolute Gasteiger partial charge is 0.261 e. The highest BCUT2D eigenvalue weighted by molar-refractivity contribution is 9.10. The van der Waals surface area contributed by atoms with Gasteiger partial charge in [-0.2, -0.15) is 0 Å². The van der Waals surface area contributed by atoms with Crippen molar-refractivity contribution in [3.63, 3.8) is 0 Å². The number of hydrogen-bond acceptors (Lipinski definition) is 3. The molecular formula is C15H15BrN2O3S. The number of nitrogens with zero attached hydrogens (tertiary/aromatic N) is 1. The summed E-state index contributed by atoms with van der Waals surface area (Å²) in [6, 6.07) is 12.8.